The van der Waals surface area contributed by atoms with Crippen molar-refractivity contribution in [1.29, 1.82) is 0 Å². The number of amides is 1. The average Bonchev–Trinajstić information content (AvgIpc) is 2.65. The van der Waals surface area contributed by atoms with E-state index in [1.807, 2.05) is 26.0 Å². The Hall–Kier alpha value is -1.70. The SMILES string of the molecule is Cc1cc(Br)cc(C)c1NC(=O)C1CCCN(S(=O)(=O)c2ccccc2)C1. The summed E-state index contributed by atoms with van der Waals surface area (Å²) in [5, 5.41) is 3.01. The number of anilines is 1. The molecule has 0 saturated carbocycles. The number of sulfonamides is 1. The number of benzene rings is 2. The summed E-state index contributed by atoms with van der Waals surface area (Å²) in [6.07, 6.45) is 1.35. The lowest BCUT2D eigenvalue weighted by atomic mass is 9.98. The predicted octanol–water partition coefficient (Wildman–Crippen LogP) is 4.11. The highest BCUT2D eigenvalue weighted by Gasteiger charge is 2.33. The molecule has 0 aromatic heterocycles. The van der Waals surface area contributed by atoms with Gasteiger partial charge >= 0.3 is 0 Å². The maximum Gasteiger partial charge on any atom is 0.243 e. The Balaban J connectivity index is 1.76. The van der Waals surface area contributed by atoms with Crippen LogP contribution >= 0.6 is 15.9 Å². The highest BCUT2D eigenvalue weighted by molar-refractivity contribution is 9.10. The number of nitrogens with one attached hydrogen (secondary N) is 1. The van der Waals surface area contributed by atoms with E-state index < -0.39 is 10.0 Å². The topological polar surface area (TPSA) is 66.5 Å². The third-order valence-corrected chi connectivity index (χ3v) is 7.22. The molecule has 7 heteroatoms. The lowest BCUT2D eigenvalue weighted by Crippen LogP contribution is -2.43. The number of carbonyl (C=O) groups excluding carboxylic acids is 1. The molecule has 1 heterocycles. The molecule has 0 radical (unpaired) electrons. The van der Waals surface area contributed by atoms with Crippen LogP contribution in [-0.4, -0.2) is 31.7 Å². The Morgan fingerprint density at radius 1 is 1.15 bits per heavy atom. The van der Waals surface area contributed by atoms with E-state index in [1.165, 1.54) is 4.31 Å². The number of piperidine rings is 1. The van der Waals surface area contributed by atoms with Crippen LogP contribution in [0.3, 0.4) is 0 Å². The summed E-state index contributed by atoms with van der Waals surface area (Å²) < 4.78 is 28.1. The van der Waals surface area contributed by atoms with Crippen molar-refractivity contribution in [2.75, 3.05) is 18.4 Å². The van der Waals surface area contributed by atoms with Gasteiger partial charge in [0.2, 0.25) is 15.9 Å². The zero-order valence-electron chi connectivity index (χ0n) is 15.4. The van der Waals surface area contributed by atoms with E-state index in [0.29, 0.717) is 19.4 Å². The lowest BCUT2D eigenvalue weighted by Gasteiger charge is -2.31. The van der Waals surface area contributed by atoms with E-state index in [9.17, 15) is 13.2 Å². The summed E-state index contributed by atoms with van der Waals surface area (Å²) in [5.74, 6) is -0.490. The van der Waals surface area contributed by atoms with Crippen LogP contribution in [0.5, 0.6) is 0 Å². The largest absolute Gasteiger partial charge is 0.325 e. The van der Waals surface area contributed by atoms with Crippen LogP contribution in [0.2, 0.25) is 0 Å². The molecular formula is C20H23BrN2O3S. The zero-order chi connectivity index (χ0) is 19.6. The molecule has 2 aromatic rings. The number of carbonyl (C=O) groups is 1. The summed E-state index contributed by atoms with van der Waals surface area (Å²) in [7, 11) is -3.58. The van der Waals surface area contributed by atoms with E-state index in [2.05, 4.69) is 21.2 Å². The molecular weight excluding hydrogens is 428 g/mol. The van der Waals surface area contributed by atoms with Crippen molar-refractivity contribution in [2.24, 2.45) is 5.92 Å². The van der Waals surface area contributed by atoms with Gasteiger partial charge in [-0.25, -0.2) is 8.42 Å². The second-order valence-electron chi connectivity index (χ2n) is 6.92. The molecule has 1 atom stereocenters. The van der Waals surface area contributed by atoms with E-state index >= 15 is 0 Å². The van der Waals surface area contributed by atoms with Gasteiger partial charge < -0.3 is 5.32 Å². The molecule has 1 aliphatic rings. The smallest absolute Gasteiger partial charge is 0.243 e. The second kappa shape index (κ2) is 8.12. The van der Waals surface area contributed by atoms with Crippen LogP contribution in [0.15, 0.2) is 51.8 Å². The molecule has 1 unspecified atom stereocenters. The van der Waals surface area contributed by atoms with Gasteiger partial charge in [0.25, 0.3) is 0 Å². The molecule has 1 amide bonds. The maximum atomic E-state index is 12.8. The zero-order valence-corrected chi connectivity index (χ0v) is 17.8. The second-order valence-corrected chi connectivity index (χ2v) is 9.77. The molecule has 3 rings (SSSR count). The number of rotatable bonds is 4. The minimum absolute atomic E-state index is 0.128. The molecule has 0 bridgehead atoms. The van der Waals surface area contributed by atoms with Gasteiger partial charge in [0.15, 0.2) is 0 Å². The minimum atomic E-state index is -3.58. The van der Waals surface area contributed by atoms with Crippen molar-refractivity contribution in [2.45, 2.75) is 31.6 Å². The number of hydrogen-bond acceptors (Lipinski definition) is 3. The fourth-order valence-electron chi connectivity index (χ4n) is 3.45. The van der Waals surface area contributed by atoms with Crippen LogP contribution in [0.25, 0.3) is 0 Å². The molecule has 1 fully saturated rings. The number of aryl methyl sites for hydroxylation is 2. The van der Waals surface area contributed by atoms with Crippen molar-refractivity contribution in [3.63, 3.8) is 0 Å². The molecule has 27 heavy (non-hydrogen) atoms. The third kappa shape index (κ3) is 4.42. The van der Waals surface area contributed by atoms with E-state index in [1.54, 1.807) is 30.3 Å². The van der Waals surface area contributed by atoms with Crippen molar-refractivity contribution < 1.29 is 13.2 Å². The first kappa shape index (κ1) is 20.0. The van der Waals surface area contributed by atoms with Crippen molar-refractivity contribution >= 4 is 37.5 Å². The van der Waals surface area contributed by atoms with Gasteiger partial charge in [-0.2, -0.15) is 4.31 Å². The summed E-state index contributed by atoms with van der Waals surface area (Å²) in [6, 6.07) is 12.3. The van der Waals surface area contributed by atoms with Gasteiger partial charge in [0.1, 0.15) is 0 Å². The highest BCUT2D eigenvalue weighted by Crippen LogP contribution is 2.28. The summed E-state index contributed by atoms with van der Waals surface area (Å²) >= 11 is 3.46. The van der Waals surface area contributed by atoms with Crippen molar-refractivity contribution in [1.82, 2.24) is 4.31 Å². The standard InChI is InChI=1S/C20H23BrN2O3S/c1-14-11-17(21)12-15(2)19(14)22-20(24)16-7-6-10-23(13-16)27(25,26)18-8-4-3-5-9-18/h3-5,8-9,11-12,16H,6-7,10,13H2,1-2H3,(H,22,24). The Bertz CT molecular complexity index is 922. The first-order chi connectivity index (χ1) is 12.8. The van der Waals surface area contributed by atoms with Gasteiger partial charge in [-0.1, -0.05) is 34.1 Å². The molecule has 2 aromatic carbocycles. The normalized spacial score (nSPS) is 18.3. The van der Waals surface area contributed by atoms with Gasteiger partial charge in [0.05, 0.1) is 10.8 Å². The van der Waals surface area contributed by atoms with Gasteiger partial charge in [0, 0.05) is 23.2 Å². The third-order valence-electron chi connectivity index (χ3n) is 4.88. The number of nitrogens with zero attached hydrogens (tertiary/aromatic N) is 1. The first-order valence-corrected chi connectivity index (χ1v) is 11.1. The van der Waals surface area contributed by atoms with Gasteiger partial charge in [-0.3, -0.25) is 4.79 Å². The number of hydrogen-bond donors (Lipinski definition) is 1. The van der Waals surface area contributed by atoms with E-state index in [4.69, 9.17) is 0 Å². The Morgan fingerprint density at radius 2 is 1.78 bits per heavy atom. The lowest BCUT2D eigenvalue weighted by molar-refractivity contribution is -0.120. The molecule has 5 nitrogen and oxygen atoms in total. The van der Waals surface area contributed by atoms with Crippen LogP contribution in [0.1, 0.15) is 24.0 Å². The Labute approximate surface area is 169 Å². The van der Waals surface area contributed by atoms with Gasteiger partial charge in [-0.15, -0.1) is 0 Å². The molecule has 1 saturated heterocycles. The van der Waals surface area contributed by atoms with Crippen LogP contribution in [0.4, 0.5) is 5.69 Å². The molecule has 1 aliphatic heterocycles. The fraction of sp³-hybridized carbons (Fsp3) is 0.350. The summed E-state index contributed by atoms with van der Waals surface area (Å²) in [6.45, 7) is 4.54. The first-order valence-electron chi connectivity index (χ1n) is 8.92. The molecule has 0 spiro atoms. The van der Waals surface area contributed by atoms with Crippen molar-refractivity contribution in [3.05, 3.63) is 58.1 Å². The van der Waals surface area contributed by atoms with Crippen molar-refractivity contribution in [3.8, 4) is 0 Å². The highest BCUT2D eigenvalue weighted by atomic mass is 79.9. The van der Waals surface area contributed by atoms with E-state index in [0.717, 1.165) is 21.3 Å². The van der Waals surface area contributed by atoms with Crippen LogP contribution in [0, 0.1) is 19.8 Å². The predicted molar refractivity (Wildman–Crippen MR) is 110 cm³/mol. The van der Waals surface area contributed by atoms with E-state index in [-0.39, 0.29) is 23.3 Å². The Kier molecular flexibility index (Phi) is 6.03. The summed E-state index contributed by atoms with van der Waals surface area (Å²) in [5.41, 5.74) is 2.74. The maximum absolute atomic E-state index is 12.8. The fourth-order valence-corrected chi connectivity index (χ4v) is 5.68. The molecule has 144 valence electrons. The van der Waals surface area contributed by atoms with Gasteiger partial charge in [-0.05, 0) is 62.1 Å². The average molecular weight is 451 g/mol. The molecule has 1 N–H and O–H groups in total. The number of halogens is 1. The molecule has 0 aliphatic carbocycles. The quantitative estimate of drug-likeness (QED) is 0.761. The van der Waals surface area contributed by atoms with Crippen LogP contribution < -0.4 is 5.32 Å². The minimum Gasteiger partial charge on any atom is -0.325 e. The summed E-state index contributed by atoms with van der Waals surface area (Å²) in [4.78, 5) is 13.1. The Morgan fingerprint density at radius 3 is 2.41 bits per heavy atom. The van der Waals surface area contributed by atoms with Crippen LogP contribution in [-0.2, 0) is 14.8 Å². The monoisotopic (exact) mass is 450 g/mol.